The van der Waals surface area contributed by atoms with Crippen molar-refractivity contribution in [3.63, 3.8) is 0 Å². The fourth-order valence-corrected chi connectivity index (χ4v) is 2.04. The minimum absolute atomic E-state index is 0.212. The van der Waals surface area contributed by atoms with E-state index in [-0.39, 0.29) is 6.42 Å². The maximum absolute atomic E-state index is 13.2. The summed E-state index contributed by atoms with van der Waals surface area (Å²) in [6.45, 7) is 2.55. The second-order valence-electron chi connectivity index (χ2n) is 4.59. The molecule has 0 bridgehead atoms. The third-order valence-electron chi connectivity index (χ3n) is 2.85. The largest absolute Gasteiger partial charge is 0.496 e. The maximum Gasteiger partial charge on any atom is 0.123 e. The first kappa shape index (κ1) is 13.9. The number of methoxy groups -OCH3 is 1. The van der Waals surface area contributed by atoms with Crippen molar-refractivity contribution in [3.8, 4) is 5.75 Å². The Morgan fingerprint density at radius 2 is 2.12 bits per heavy atom. The molecule has 1 aromatic rings. The molecule has 1 aromatic carbocycles. The molecule has 0 spiro atoms. The third-order valence-corrected chi connectivity index (χ3v) is 2.85. The maximum atomic E-state index is 13.2. The molecule has 96 valence electrons. The normalized spacial score (nSPS) is 16.4. The smallest absolute Gasteiger partial charge is 0.123 e. The summed E-state index contributed by atoms with van der Waals surface area (Å²) < 4.78 is 31.6. The number of ether oxygens (including phenoxy) is 1. The molecule has 0 aliphatic carbocycles. The lowest BCUT2D eigenvalue weighted by Gasteiger charge is -2.29. The summed E-state index contributed by atoms with van der Waals surface area (Å²) >= 11 is 0. The van der Waals surface area contributed by atoms with Crippen molar-refractivity contribution in [1.82, 2.24) is 0 Å². The second kappa shape index (κ2) is 5.45. The molecule has 0 heterocycles. The number of halogens is 2. The Bertz CT molecular complexity index is 380. The van der Waals surface area contributed by atoms with Gasteiger partial charge in [0.05, 0.1) is 19.9 Å². The summed E-state index contributed by atoms with van der Waals surface area (Å²) in [5.41, 5.74) is -0.495. The van der Waals surface area contributed by atoms with Gasteiger partial charge in [0.2, 0.25) is 0 Å². The summed E-state index contributed by atoms with van der Waals surface area (Å²) in [7, 11) is 1.46. The van der Waals surface area contributed by atoms with Gasteiger partial charge in [0, 0.05) is 11.0 Å². The molecule has 0 saturated heterocycles. The molecule has 2 unspecified atom stereocenters. The van der Waals surface area contributed by atoms with Gasteiger partial charge in [-0.3, -0.25) is 4.39 Å². The minimum Gasteiger partial charge on any atom is -0.496 e. The van der Waals surface area contributed by atoms with E-state index >= 15 is 0 Å². The van der Waals surface area contributed by atoms with Crippen molar-refractivity contribution >= 4 is 0 Å². The predicted molar refractivity (Wildman–Crippen MR) is 62.6 cm³/mol. The lowest BCUT2D eigenvalue weighted by Crippen LogP contribution is -2.29. The van der Waals surface area contributed by atoms with Crippen LogP contribution in [0.25, 0.3) is 0 Å². The van der Waals surface area contributed by atoms with E-state index in [1.807, 2.05) is 0 Å². The molecular formula is C13H18F2O2. The molecule has 17 heavy (non-hydrogen) atoms. The van der Waals surface area contributed by atoms with Gasteiger partial charge in [0.1, 0.15) is 11.6 Å². The van der Waals surface area contributed by atoms with Gasteiger partial charge in [-0.15, -0.1) is 0 Å². The molecule has 4 heteroatoms. The van der Waals surface area contributed by atoms with Crippen LogP contribution in [0.1, 0.15) is 25.8 Å². The van der Waals surface area contributed by atoms with Gasteiger partial charge in [0.25, 0.3) is 0 Å². The SMILES string of the molecule is COc1ccc(F)cc1C(C)(CF)CC(C)O. The topological polar surface area (TPSA) is 29.5 Å². The standard InChI is InChI=1S/C13H18F2O2/c1-9(16)7-13(2,8-14)11-6-10(15)4-5-12(11)17-3/h4-6,9,16H,7-8H2,1-3H3. The molecule has 0 amide bonds. The van der Waals surface area contributed by atoms with Crippen LogP contribution in [0.2, 0.25) is 0 Å². The fraction of sp³-hybridized carbons (Fsp3) is 0.538. The van der Waals surface area contributed by atoms with Gasteiger partial charge < -0.3 is 9.84 Å². The van der Waals surface area contributed by atoms with E-state index in [1.165, 1.54) is 25.3 Å². The highest BCUT2D eigenvalue weighted by Gasteiger charge is 2.31. The zero-order chi connectivity index (χ0) is 13.1. The van der Waals surface area contributed by atoms with Crippen molar-refractivity contribution in [2.24, 2.45) is 0 Å². The summed E-state index contributed by atoms with van der Waals surface area (Å²) in [6.07, 6.45) is -0.452. The summed E-state index contributed by atoms with van der Waals surface area (Å²) in [4.78, 5) is 0. The van der Waals surface area contributed by atoms with Crippen molar-refractivity contribution < 1.29 is 18.6 Å². The molecular weight excluding hydrogens is 226 g/mol. The number of alkyl halides is 1. The van der Waals surface area contributed by atoms with Crippen LogP contribution in [0.4, 0.5) is 8.78 Å². The van der Waals surface area contributed by atoms with Gasteiger partial charge in [0.15, 0.2) is 0 Å². The molecule has 0 saturated carbocycles. The Labute approximate surface area is 100 Å². The molecule has 0 aromatic heterocycles. The van der Waals surface area contributed by atoms with E-state index in [0.29, 0.717) is 11.3 Å². The van der Waals surface area contributed by atoms with Crippen molar-refractivity contribution in [2.75, 3.05) is 13.8 Å². The first-order chi connectivity index (χ1) is 7.92. The van der Waals surface area contributed by atoms with Crippen LogP contribution in [-0.4, -0.2) is 25.0 Å². The number of hydrogen-bond donors (Lipinski definition) is 1. The number of aliphatic hydroxyl groups is 1. The van der Waals surface area contributed by atoms with Crippen LogP contribution in [0.3, 0.4) is 0 Å². The van der Waals surface area contributed by atoms with Gasteiger partial charge in [-0.2, -0.15) is 0 Å². The average molecular weight is 244 g/mol. The Kier molecular flexibility index (Phi) is 4.46. The van der Waals surface area contributed by atoms with Crippen molar-refractivity contribution in [3.05, 3.63) is 29.6 Å². The Hall–Kier alpha value is -1.16. The first-order valence-electron chi connectivity index (χ1n) is 5.51. The quantitative estimate of drug-likeness (QED) is 0.863. The molecule has 0 radical (unpaired) electrons. The molecule has 0 aliphatic rings. The van der Waals surface area contributed by atoms with Crippen molar-refractivity contribution in [1.29, 1.82) is 0 Å². The molecule has 2 atom stereocenters. The summed E-state index contributed by atoms with van der Waals surface area (Å²) in [5.74, 6) is -0.00160. The van der Waals surface area contributed by atoms with Gasteiger partial charge in [-0.25, -0.2) is 4.39 Å². The van der Waals surface area contributed by atoms with E-state index in [9.17, 15) is 13.9 Å². The van der Waals surface area contributed by atoms with Crippen molar-refractivity contribution in [2.45, 2.75) is 31.8 Å². The molecule has 0 aliphatic heterocycles. The van der Waals surface area contributed by atoms with Gasteiger partial charge >= 0.3 is 0 Å². The Balaban J connectivity index is 3.22. The van der Waals surface area contributed by atoms with Crippen LogP contribution >= 0.6 is 0 Å². The molecule has 0 fully saturated rings. The van der Waals surface area contributed by atoms with Gasteiger partial charge in [-0.05, 0) is 31.5 Å². The number of aliphatic hydroxyl groups excluding tert-OH is 1. The highest BCUT2D eigenvalue weighted by Crippen LogP contribution is 2.36. The van der Waals surface area contributed by atoms with E-state index in [1.54, 1.807) is 13.8 Å². The van der Waals surface area contributed by atoms with Gasteiger partial charge in [-0.1, -0.05) is 6.92 Å². The number of hydrogen-bond acceptors (Lipinski definition) is 2. The van der Waals surface area contributed by atoms with E-state index in [4.69, 9.17) is 4.74 Å². The van der Waals surface area contributed by atoms with Crippen LogP contribution in [-0.2, 0) is 5.41 Å². The Morgan fingerprint density at radius 3 is 2.59 bits per heavy atom. The molecule has 2 nitrogen and oxygen atoms in total. The highest BCUT2D eigenvalue weighted by atomic mass is 19.1. The predicted octanol–water partition coefficient (Wildman–Crippen LogP) is 2.83. The van der Waals surface area contributed by atoms with E-state index < -0.39 is 24.0 Å². The highest BCUT2D eigenvalue weighted by molar-refractivity contribution is 5.40. The van der Waals surface area contributed by atoms with Crippen LogP contribution in [0.15, 0.2) is 18.2 Å². The number of benzene rings is 1. The summed E-state index contributed by atoms with van der Waals surface area (Å²) in [5, 5.41) is 9.41. The fourth-order valence-electron chi connectivity index (χ4n) is 2.04. The summed E-state index contributed by atoms with van der Waals surface area (Å²) in [6, 6.07) is 4.00. The van der Waals surface area contributed by atoms with E-state index in [0.717, 1.165) is 0 Å². The monoisotopic (exact) mass is 244 g/mol. The Morgan fingerprint density at radius 1 is 1.47 bits per heavy atom. The lowest BCUT2D eigenvalue weighted by molar-refractivity contribution is 0.138. The number of rotatable bonds is 5. The van der Waals surface area contributed by atoms with Crippen LogP contribution in [0.5, 0.6) is 5.75 Å². The average Bonchev–Trinajstić information content (AvgIpc) is 2.28. The zero-order valence-electron chi connectivity index (χ0n) is 10.3. The minimum atomic E-state index is -0.943. The van der Waals surface area contributed by atoms with Crippen LogP contribution in [0, 0.1) is 5.82 Å². The second-order valence-corrected chi connectivity index (χ2v) is 4.59. The lowest BCUT2D eigenvalue weighted by atomic mass is 9.78. The third kappa shape index (κ3) is 3.16. The van der Waals surface area contributed by atoms with Crippen LogP contribution < -0.4 is 4.74 Å². The first-order valence-corrected chi connectivity index (χ1v) is 5.51. The zero-order valence-corrected chi connectivity index (χ0v) is 10.3. The van der Waals surface area contributed by atoms with E-state index in [2.05, 4.69) is 0 Å². The molecule has 1 rings (SSSR count). The molecule has 1 N–H and O–H groups in total.